The Hall–Kier alpha value is -3.45. The minimum absolute atomic E-state index is 0.149. The molecule has 0 bridgehead atoms. The number of imidazole rings is 1. The van der Waals surface area contributed by atoms with Gasteiger partial charge in [0.2, 0.25) is 5.88 Å². The maximum absolute atomic E-state index is 6.62. The lowest BCUT2D eigenvalue weighted by Gasteiger charge is -2.31. The number of hydrogen-bond donors (Lipinski definition) is 0. The van der Waals surface area contributed by atoms with Crippen LogP contribution < -0.4 is 9.64 Å². The molecule has 0 amide bonds. The summed E-state index contributed by atoms with van der Waals surface area (Å²) in [6, 6.07) is 15.1. The monoisotopic (exact) mass is 455 g/mol. The molecule has 174 valence electrons. The summed E-state index contributed by atoms with van der Waals surface area (Å²) in [4.78, 5) is 16.3. The Morgan fingerprint density at radius 1 is 0.941 bits per heavy atom. The van der Waals surface area contributed by atoms with E-state index < -0.39 is 0 Å². The molecule has 2 aliphatic rings. The number of fused-ring (bicyclic) bond motifs is 1. The van der Waals surface area contributed by atoms with E-state index in [9.17, 15) is 0 Å². The van der Waals surface area contributed by atoms with Crippen LogP contribution in [0.25, 0.3) is 22.0 Å². The minimum Gasteiger partial charge on any atom is -0.474 e. The number of nitrogens with zero attached hydrogens (tertiary/aromatic N) is 5. The summed E-state index contributed by atoms with van der Waals surface area (Å²) in [5.74, 6) is 1.60. The average molecular weight is 456 g/mol. The van der Waals surface area contributed by atoms with Crippen molar-refractivity contribution in [1.29, 1.82) is 0 Å². The highest BCUT2D eigenvalue weighted by molar-refractivity contribution is 5.89. The fraction of sp³-hybridized carbons (Fsp3) is 0.370. The molecule has 1 saturated carbocycles. The van der Waals surface area contributed by atoms with Crippen LogP contribution in [0.15, 0.2) is 67.4 Å². The van der Waals surface area contributed by atoms with Crippen LogP contribution in [0.3, 0.4) is 0 Å². The normalized spacial score (nSPS) is 21.0. The van der Waals surface area contributed by atoms with Gasteiger partial charge in [0.1, 0.15) is 11.9 Å². The Bertz CT molecular complexity index is 1230. The van der Waals surface area contributed by atoms with Crippen LogP contribution in [0.2, 0.25) is 0 Å². The molecule has 1 aliphatic heterocycles. The highest BCUT2D eigenvalue weighted by atomic mass is 16.5. The molecule has 0 N–H and O–H groups in total. The van der Waals surface area contributed by atoms with Crippen LogP contribution >= 0.6 is 0 Å². The van der Waals surface area contributed by atoms with E-state index >= 15 is 0 Å². The molecule has 0 radical (unpaired) electrons. The second-order valence-electron chi connectivity index (χ2n) is 9.10. The maximum atomic E-state index is 6.62. The van der Waals surface area contributed by atoms with Gasteiger partial charge in [-0.3, -0.25) is 4.98 Å². The van der Waals surface area contributed by atoms with Gasteiger partial charge in [0.15, 0.2) is 0 Å². The molecular weight excluding hydrogens is 426 g/mol. The van der Waals surface area contributed by atoms with E-state index in [1.54, 1.807) is 0 Å². The van der Waals surface area contributed by atoms with Crippen molar-refractivity contribution in [3.63, 3.8) is 0 Å². The van der Waals surface area contributed by atoms with Crippen LogP contribution in [0.5, 0.6) is 5.88 Å². The molecule has 3 aromatic heterocycles. The molecule has 1 aliphatic carbocycles. The SMILES string of the molecule is c1ccc(-c2cnc3cc(N4CCOCC4)nc(O[C@H]4CC[C@@H](n5ccnc5)CC4)c3c2)cc1. The Morgan fingerprint density at radius 2 is 1.76 bits per heavy atom. The predicted molar refractivity (Wildman–Crippen MR) is 132 cm³/mol. The van der Waals surface area contributed by atoms with Gasteiger partial charge in [-0.1, -0.05) is 30.3 Å². The smallest absolute Gasteiger partial charge is 0.225 e. The molecule has 34 heavy (non-hydrogen) atoms. The summed E-state index contributed by atoms with van der Waals surface area (Å²) in [5, 5.41) is 0.968. The summed E-state index contributed by atoms with van der Waals surface area (Å²) in [6.07, 6.45) is 12.1. The van der Waals surface area contributed by atoms with Crippen molar-refractivity contribution in [2.45, 2.75) is 37.8 Å². The number of rotatable bonds is 5. The zero-order valence-corrected chi connectivity index (χ0v) is 19.2. The third-order valence-corrected chi connectivity index (χ3v) is 6.94. The summed E-state index contributed by atoms with van der Waals surface area (Å²) in [7, 11) is 0. The van der Waals surface area contributed by atoms with Crippen molar-refractivity contribution in [3.8, 4) is 17.0 Å². The Kier molecular flexibility index (Phi) is 5.85. The maximum Gasteiger partial charge on any atom is 0.225 e. The molecule has 0 atom stereocenters. The molecule has 0 spiro atoms. The number of anilines is 1. The van der Waals surface area contributed by atoms with E-state index in [2.05, 4.69) is 57.0 Å². The second kappa shape index (κ2) is 9.43. The first-order chi connectivity index (χ1) is 16.8. The van der Waals surface area contributed by atoms with Crippen LogP contribution in [-0.2, 0) is 4.74 Å². The van der Waals surface area contributed by atoms with Crippen molar-refractivity contribution in [3.05, 3.63) is 67.4 Å². The van der Waals surface area contributed by atoms with Crippen LogP contribution in [0.1, 0.15) is 31.7 Å². The molecular formula is C27H29N5O2. The highest BCUT2D eigenvalue weighted by Gasteiger charge is 2.25. The number of benzene rings is 1. The number of ether oxygens (including phenoxy) is 2. The van der Waals surface area contributed by atoms with Crippen molar-refractivity contribution in [2.24, 2.45) is 0 Å². The molecule has 0 unspecified atom stereocenters. The van der Waals surface area contributed by atoms with E-state index in [0.29, 0.717) is 25.1 Å². The number of aromatic nitrogens is 4. The molecule has 4 aromatic rings. The van der Waals surface area contributed by atoms with Gasteiger partial charge < -0.3 is 18.9 Å². The first-order valence-corrected chi connectivity index (χ1v) is 12.2. The molecule has 4 heterocycles. The standard InChI is InChI=1S/C27H29N5O2/c1-2-4-20(5-3-1)21-16-24-25(29-18-21)17-26(31-12-14-33-15-13-31)30-27(24)34-23-8-6-22(7-9-23)32-11-10-28-19-32/h1-5,10-11,16-19,22-23H,6-9,12-15H2/t22-,23+. The van der Waals surface area contributed by atoms with Gasteiger partial charge in [-0.2, -0.15) is 4.98 Å². The van der Waals surface area contributed by atoms with E-state index in [4.69, 9.17) is 19.4 Å². The molecule has 7 heteroatoms. The fourth-order valence-corrected chi connectivity index (χ4v) is 5.02. The third-order valence-electron chi connectivity index (χ3n) is 6.94. The summed E-state index contributed by atoms with van der Waals surface area (Å²) in [6.45, 7) is 3.09. The van der Waals surface area contributed by atoms with E-state index in [1.807, 2.05) is 24.8 Å². The van der Waals surface area contributed by atoms with Crippen molar-refractivity contribution in [1.82, 2.24) is 19.5 Å². The zero-order valence-electron chi connectivity index (χ0n) is 19.2. The molecule has 2 fully saturated rings. The minimum atomic E-state index is 0.149. The number of hydrogen-bond acceptors (Lipinski definition) is 6. The van der Waals surface area contributed by atoms with Gasteiger partial charge in [0, 0.05) is 49.4 Å². The second-order valence-corrected chi connectivity index (χ2v) is 9.10. The predicted octanol–water partition coefficient (Wildman–Crippen LogP) is 4.89. The Morgan fingerprint density at radius 3 is 2.53 bits per heavy atom. The number of morpholine rings is 1. The summed E-state index contributed by atoms with van der Waals surface area (Å²) < 4.78 is 14.4. The van der Waals surface area contributed by atoms with E-state index in [0.717, 1.165) is 66.6 Å². The van der Waals surface area contributed by atoms with Crippen molar-refractivity contribution < 1.29 is 9.47 Å². The lowest BCUT2D eigenvalue weighted by atomic mass is 9.93. The van der Waals surface area contributed by atoms with Gasteiger partial charge in [0.05, 0.1) is 30.4 Å². The highest BCUT2D eigenvalue weighted by Crippen LogP contribution is 2.35. The molecule has 6 rings (SSSR count). The van der Waals surface area contributed by atoms with Gasteiger partial charge in [-0.05, 0) is 37.3 Å². The molecule has 7 nitrogen and oxygen atoms in total. The summed E-state index contributed by atoms with van der Waals surface area (Å²) in [5.41, 5.74) is 3.13. The first kappa shape index (κ1) is 21.1. The van der Waals surface area contributed by atoms with Crippen LogP contribution in [0.4, 0.5) is 5.82 Å². The van der Waals surface area contributed by atoms with Crippen LogP contribution in [0, 0.1) is 0 Å². The first-order valence-electron chi connectivity index (χ1n) is 12.2. The van der Waals surface area contributed by atoms with Crippen molar-refractivity contribution >= 4 is 16.7 Å². The van der Waals surface area contributed by atoms with E-state index in [-0.39, 0.29) is 6.10 Å². The van der Waals surface area contributed by atoms with Gasteiger partial charge in [0.25, 0.3) is 0 Å². The average Bonchev–Trinajstić information content (AvgIpc) is 3.45. The van der Waals surface area contributed by atoms with Crippen molar-refractivity contribution in [2.75, 3.05) is 31.2 Å². The van der Waals surface area contributed by atoms with Crippen LogP contribution in [-0.4, -0.2) is 51.9 Å². The summed E-state index contributed by atoms with van der Waals surface area (Å²) >= 11 is 0. The fourth-order valence-electron chi connectivity index (χ4n) is 5.02. The Balaban J connectivity index is 1.31. The zero-order chi connectivity index (χ0) is 22.7. The lowest BCUT2D eigenvalue weighted by Crippen LogP contribution is -2.36. The number of pyridine rings is 2. The Labute approximate surface area is 199 Å². The quantitative estimate of drug-likeness (QED) is 0.427. The molecule has 1 saturated heterocycles. The largest absolute Gasteiger partial charge is 0.474 e. The lowest BCUT2D eigenvalue weighted by molar-refractivity contribution is 0.121. The molecule has 1 aromatic carbocycles. The van der Waals surface area contributed by atoms with Gasteiger partial charge in [-0.25, -0.2) is 4.98 Å². The third kappa shape index (κ3) is 4.35. The van der Waals surface area contributed by atoms with Gasteiger partial charge >= 0.3 is 0 Å². The van der Waals surface area contributed by atoms with E-state index in [1.165, 1.54) is 0 Å². The topological polar surface area (TPSA) is 65.3 Å². The van der Waals surface area contributed by atoms with Gasteiger partial charge in [-0.15, -0.1) is 0 Å².